The molecule has 2 nitrogen and oxygen atoms in total. The van der Waals surface area contributed by atoms with Crippen molar-refractivity contribution in [2.45, 2.75) is 6.92 Å². The number of aryl methyl sites for hydroxylation is 1. The molecule has 0 radical (unpaired) electrons. The van der Waals surface area contributed by atoms with Gasteiger partial charge in [-0.1, -0.05) is 48.5 Å². The SMILES string of the molecule is Cc1ccc2c(ccc3ccccc32)c1C(N)=O. The molecule has 3 rings (SSSR count). The average Bonchev–Trinajstić information content (AvgIpc) is 2.37. The van der Waals surface area contributed by atoms with Gasteiger partial charge in [-0.05, 0) is 34.0 Å². The maximum absolute atomic E-state index is 11.6. The highest BCUT2D eigenvalue weighted by Crippen LogP contribution is 2.29. The number of hydrogen-bond acceptors (Lipinski definition) is 1. The van der Waals surface area contributed by atoms with Crippen molar-refractivity contribution in [3.8, 4) is 0 Å². The topological polar surface area (TPSA) is 43.1 Å². The van der Waals surface area contributed by atoms with Crippen molar-refractivity contribution >= 4 is 27.5 Å². The molecule has 18 heavy (non-hydrogen) atoms. The molecule has 0 aliphatic heterocycles. The van der Waals surface area contributed by atoms with E-state index in [1.807, 2.05) is 37.3 Å². The zero-order valence-corrected chi connectivity index (χ0v) is 10.1. The predicted molar refractivity (Wildman–Crippen MR) is 74.7 cm³/mol. The van der Waals surface area contributed by atoms with Gasteiger partial charge < -0.3 is 5.73 Å². The van der Waals surface area contributed by atoms with Gasteiger partial charge in [-0.25, -0.2) is 0 Å². The zero-order chi connectivity index (χ0) is 12.7. The minimum Gasteiger partial charge on any atom is -0.366 e. The smallest absolute Gasteiger partial charge is 0.249 e. The third-order valence-electron chi connectivity index (χ3n) is 3.38. The summed E-state index contributed by atoms with van der Waals surface area (Å²) >= 11 is 0. The number of primary amides is 1. The van der Waals surface area contributed by atoms with Crippen molar-refractivity contribution < 1.29 is 4.79 Å². The Morgan fingerprint density at radius 2 is 1.61 bits per heavy atom. The Labute approximate surface area is 105 Å². The Morgan fingerprint density at radius 1 is 0.889 bits per heavy atom. The summed E-state index contributed by atoms with van der Waals surface area (Å²) in [6.07, 6.45) is 0. The van der Waals surface area contributed by atoms with E-state index in [9.17, 15) is 4.79 Å². The number of benzene rings is 3. The second-order valence-corrected chi connectivity index (χ2v) is 4.50. The molecule has 0 aromatic heterocycles. The van der Waals surface area contributed by atoms with Crippen LogP contribution in [-0.4, -0.2) is 5.91 Å². The number of carbonyl (C=O) groups is 1. The third-order valence-corrected chi connectivity index (χ3v) is 3.38. The molecule has 0 bridgehead atoms. The Balaban J connectivity index is 2.55. The maximum Gasteiger partial charge on any atom is 0.249 e. The van der Waals surface area contributed by atoms with Gasteiger partial charge in [0.05, 0.1) is 0 Å². The number of amides is 1. The van der Waals surface area contributed by atoms with Crippen molar-refractivity contribution in [2.75, 3.05) is 0 Å². The van der Waals surface area contributed by atoms with E-state index in [4.69, 9.17) is 5.73 Å². The first-order chi connectivity index (χ1) is 8.68. The third kappa shape index (κ3) is 1.46. The Morgan fingerprint density at radius 3 is 2.39 bits per heavy atom. The van der Waals surface area contributed by atoms with Gasteiger partial charge in [0.15, 0.2) is 0 Å². The van der Waals surface area contributed by atoms with Crippen LogP contribution in [0.1, 0.15) is 15.9 Å². The van der Waals surface area contributed by atoms with E-state index in [1.165, 1.54) is 5.39 Å². The van der Waals surface area contributed by atoms with E-state index in [1.54, 1.807) is 0 Å². The van der Waals surface area contributed by atoms with Gasteiger partial charge in [-0.3, -0.25) is 4.79 Å². The molecule has 0 fully saturated rings. The van der Waals surface area contributed by atoms with Crippen molar-refractivity contribution in [1.29, 1.82) is 0 Å². The van der Waals surface area contributed by atoms with Crippen LogP contribution in [0, 0.1) is 6.92 Å². The van der Waals surface area contributed by atoms with Crippen LogP contribution in [0.25, 0.3) is 21.5 Å². The second-order valence-electron chi connectivity index (χ2n) is 4.50. The molecule has 1 amide bonds. The molecule has 0 spiro atoms. The molecule has 3 aromatic rings. The molecule has 0 aliphatic rings. The van der Waals surface area contributed by atoms with Crippen LogP contribution < -0.4 is 5.73 Å². The highest BCUT2D eigenvalue weighted by atomic mass is 16.1. The van der Waals surface area contributed by atoms with Gasteiger partial charge in [0.2, 0.25) is 5.91 Å². The predicted octanol–water partition coefficient (Wildman–Crippen LogP) is 3.40. The first-order valence-electron chi connectivity index (χ1n) is 5.89. The van der Waals surface area contributed by atoms with E-state index < -0.39 is 0 Å². The minimum atomic E-state index is -0.367. The van der Waals surface area contributed by atoms with Crippen molar-refractivity contribution in [3.05, 3.63) is 59.7 Å². The molecule has 0 unspecified atom stereocenters. The molecule has 0 atom stereocenters. The van der Waals surface area contributed by atoms with Gasteiger partial charge in [0.25, 0.3) is 0 Å². The number of hydrogen-bond donors (Lipinski definition) is 1. The molecule has 2 N–H and O–H groups in total. The van der Waals surface area contributed by atoms with Gasteiger partial charge >= 0.3 is 0 Å². The fourth-order valence-electron chi connectivity index (χ4n) is 2.52. The monoisotopic (exact) mass is 235 g/mol. The summed E-state index contributed by atoms with van der Waals surface area (Å²) in [6, 6.07) is 16.2. The van der Waals surface area contributed by atoms with Gasteiger partial charge in [0, 0.05) is 5.56 Å². The Kier molecular flexibility index (Phi) is 2.30. The van der Waals surface area contributed by atoms with Gasteiger partial charge in [-0.2, -0.15) is 0 Å². The molecule has 3 aromatic carbocycles. The summed E-state index contributed by atoms with van der Waals surface area (Å²) in [7, 11) is 0. The fraction of sp³-hybridized carbons (Fsp3) is 0.0625. The van der Waals surface area contributed by atoms with E-state index >= 15 is 0 Å². The summed E-state index contributed by atoms with van der Waals surface area (Å²) in [5.74, 6) is -0.367. The van der Waals surface area contributed by atoms with E-state index in [0.717, 1.165) is 21.7 Å². The van der Waals surface area contributed by atoms with Crippen molar-refractivity contribution in [2.24, 2.45) is 5.73 Å². The molecular weight excluding hydrogens is 222 g/mol. The zero-order valence-electron chi connectivity index (χ0n) is 10.1. The van der Waals surface area contributed by atoms with Crippen LogP contribution in [0.5, 0.6) is 0 Å². The quantitative estimate of drug-likeness (QED) is 0.645. The first-order valence-corrected chi connectivity index (χ1v) is 5.89. The Bertz CT molecular complexity index is 774. The number of nitrogens with two attached hydrogens (primary N) is 1. The average molecular weight is 235 g/mol. The highest BCUT2D eigenvalue weighted by Gasteiger charge is 2.11. The maximum atomic E-state index is 11.6. The van der Waals surface area contributed by atoms with E-state index in [2.05, 4.69) is 18.2 Å². The Hall–Kier alpha value is -2.35. The summed E-state index contributed by atoms with van der Waals surface area (Å²) in [4.78, 5) is 11.6. The summed E-state index contributed by atoms with van der Waals surface area (Å²) in [5, 5.41) is 4.33. The van der Waals surface area contributed by atoms with Crippen LogP contribution in [0.4, 0.5) is 0 Å². The summed E-state index contributed by atoms with van der Waals surface area (Å²) in [6.45, 7) is 1.91. The normalized spacial score (nSPS) is 10.9. The molecule has 0 saturated heterocycles. The standard InChI is InChI=1S/C16H13NO/c1-10-6-8-13-12-5-3-2-4-11(12)7-9-14(13)15(10)16(17)18/h2-9H,1H3,(H2,17,18). The summed E-state index contributed by atoms with van der Waals surface area (Å²) in [5.41, 5.74) is 7.03. The molecular formula is C16H13NO. The number of rotatable bonds is 1. The van der Waals surface area contributed by atoms with Crippen molar-refractivity contribution in [3.63, 3.8) is 0 Å². The largest absolute Gasteiger partial charge is 0.366 e. The fourth-order valence-corrected chi connectivity index (χ4v) is 2.52. The van der Waals surface area contributed by atoms with Crippen LogP contribution >= 0.6 is 0 Å². The van der Waals surface area contributed by atoms with Crippen LogP contribution in [0.15, 0.2) is 48.5 Å². The van der Waals surface area contributed by atoms with Crippen LogP contribution in [0.3, 0.4) is 0 Å². The molecule has 0 saturated carbocycles. The second kappa shape index (κ2) is 3.84. The lowest BCUT2D eigenvalue weighted by Gasteiger charge is -2.09. The minimum absolute atomic E-state index is 0.367. The van der Waals surface area contributed by atoms with E-state index in [0.29, 0.717) is 5.56 Å². The number of fused-ring (bicyclic) bond motifs is 3. The van der Waals surface area contributed by atoms with Crippen molar-refractivity contribution in [1.82, 2.24) is 0 Å². The lowest BCUT2D eigenvalue weighted by Crippen LogP contribution is -2.13. The molecule has 0 aliphatic carbocycles. The molecule has 88 valence electrons. The molecule has 2 heteroatoms. The van der Waals surface area contributed by atoms with Gasteiger partial charge in [0.1, 0.15) is 0 Å². The molecule has 0 heterocycles. The lowest BCUT2D eigenvalue weighted by atomic mass is 9.95. The van der Waals surface area contributed by atoms with Gasteiger partial charge in [-0.15, -0.1) is 0 Å². The van der Waals surface area contributed by atoms with Crippen LogP contribution in [0.2, 0.25) is 0 Å². The number of carbonyl (C=O) groups excluding carboxylic acids is 1. The van der Waals surface area contributed by atoms with E-state index in [-0.39, 0.29) is 5.91 Å². The first kappa shape index (κ1) is 10.8. The lowest BCUT2D eigenvalue weighted by molar-refractivity contribution is 0.100. The highest BCUT2D eigenvalue weighted by molar-refractivity contribution is 6.15. The summed E-state index contributed by atoms with van der Waals surface area (Å²) < 4.78 is 0. The van der Waals surface area contributed by atoms with Crippen LogP contribution in [-0.2, 0) is 0 Å².